The Morgan fingerprint density at radius 3 is 3.07 bits per heavy atom. The molecule has 0 saturated heterocycles. The zero-order chi connectivity index (χ0) is 10.6. The van der Waals surface area contributed by atoms with Gasteiger partial charge in [0.1, 0.15) is 0 Å². The van der Waals surface area contributed by atoms with Gasteiger partial charge in [-0.2, -0.15) is 0 Å². The summed E-state index contributed by atoms with van der Waals surface area (Å²) < 4.78 is 0. The highest BCUT2D eigenvalue weighted by Crippen LogP contribution is 2.24. The number of hydrogen-bond donors (Lipinski definition) is 1. The minimum Gasteiger partial charge on any atom is -0.361 e. The molecular formula is C8H8ClN3O2. The zero-order valence-electron chi connectivity index (χ0n) is 7.24. The van der Waals surface area contributed by atoms with Crippen molar-refractivity contribution in [2.24, 2.45) is 0 Å². The molecule has 0 aliphatic rings. The van der Waals surface area contributed by atoms with Gasteiger partial charge < -0.3 is 5.32 Å². The molecule has 1 aromatic rings. The van der Waals surface area contributed by atoms with Crippen molar-refractivity contribution in [3.8, 4) is 0 Å². The van der Waals surface area contributed by atoms with E-state index in [0.29, 0.717) is 6.54 Å². The lowest BCUT2D eigenvalue weighted by molar-refractivity contribution is -0.384. The molecule has 0 fully saturated rings. The van der Waals surface area contributed by atoms with Gasteiger partial charge in [0, 0.05) is 18.8 Å². The maximum absolute atomic E-state index is 10.6. The molecule has 1 heterocycles. The molecular weight excluding hydrogens is 206 g/mol. The quantitative estimate of drug-likeness (QED) is 0.473. The van der Waals surface area contributed by atoms with Crippen LogP contribution in [0.15, 0.2) is 24.9 Å². The first kappa shape index (κ1) is 10.5. The third-order valence-electron chi connectivity index (χ3n) is 1.44. The van der Waals surface area contributed by atoms with Crippen molar-refractivity contribution >= 4 is 23.1 Å². The standard InChI is InChI=1S/C8H8ClN3O2/c1-2-3-10-8-7(12(13)14)4-6(9)5-11-8/h2,4-5H,1,3H2,(H,10,11). The normalized spacial score (nSPS) is 9.50. The van der Waals surface area contributed by atoms with Crippen molar-refractivity contribution < 1.29 is 4.92 Å². The van der Waals surface area contributed by atoms with Gasteiger partial charge in [-0.05, 0) is 0 Å². The van der Waals surface area contributed by atoms with E-state index in [0.717, 1.165) is 0 Å². The Morgan fingerprint density at radius 2 is 2.50 bits per heavy atom. The van der Waals surface area contributed by atoms with E-state index in [1.54, 1.807) is 6.08 Å². The molecule has 6 heteroatoms. The number of nitrogens with one attached hydrogen (secondary N) is 1. The van der Waals surface area contributed by atoms with Gasteiger partial charge in [0.05, 0.1) is 9.95 Å². The molecule has 0 aliphatic carbocycles. The SMILES string of the molecule is C=CCNc1ncc(Cl)cc1[N+](=O)[O-]. The van der Waals surface area contributed by atoms with Gasteiger partial charge in [0.15, 0.2) is 0 Å². The number of halogens is 1. The molecule has 0 atom stereocenters. The number of anilines is 1. The van der Waals surface area contributed by atoms with E-state index >= 15 is 0 Å². The van der Waals surface area contributed by atoms with E-state index in [2.05, 4.69) is 16.9 Å². The van der Waals surface area contributed by atoms with E-state index in [1.165, 1.54) is 12.3 Å². The summed E-state index contributed by atoms with van der Waals surface area (Å²) in [6.07, 6.45) is 2.93. The molecule has 74 valence electrons. The van der Waals surface area contributed by atoms with Gasteiger partial charge in [0.25, 0.3) is 0 Å². The Kier molecular flexibility index (Phi) is 3.41. The van der Waals surface area contributed by atoms with Crippen LogP contribution in [0.3, 0.4) is 0 Å². The average molecular weight is 214 g/mol. The summed E-state index contributed by atoms with van der Waals surface area (Å²) in [6.45, 7) is 3.89. The second-order valence-corrected chi connectivity index (χ2v) is 2.88. The Labute approximate surface area is 85.6 Å². The van der Waals surface area contributed by atoms with Crippen molar-refractivity contribution in [3.63, 3.8) is 0 Å². The van der Waals surface area contributed by atoms with Crippen LogP contribution in [0.5, 0.6) is 0 Å². The predicted octanol–water partition coefficient (Wildman–Crippen LogP) is 2.24. The van der Waals surface area contributed by atoms with E-state index in [-0.39, 0.29) is 16.5 Å². The number of aromatic nitrogens is 1. The van der Waals surface area contributed by atoms with Gasteiger partial charge in [-0.25, -0.2) is 4.98 Å². The maximum Gasteiger partial charge on any atom is 0.312 e. The molecule has 0 aliphatic heterocycles. The molecule has 0 bridgehead atoms. The van der Waals surface area contributed by atoms with Crippen LogP contribution in [0, 0.1) is 10.1 Å². The van der Waals surface area contributed by atoms with E-state index in [9.17, 15) is 10.1 Å². The van der Waals surface area contributed by atoms with Gasteiger partial charge >= 0.3 is 5.69 Å². The van der Waals surface area contributed by atoms with E-state index < -0.39 is 4.92 Å². The fourth-order valence-corrected chi connectivity index (χ4v) is 1.02. The van der Waals surface area contributed by atoms with Crippen LogP contribution >= 0.6 is 11.6 Å². The summed E-state index contributed by atoms with van der Waals surface area (Å²) in [5.74, 6) is 0.194. The van der Waals surface area contributed by atoms with Crippen LogP contribution in [0.25, 0.3) is 0 Å². The van der Waals surface area contributed by atoms with Crippen molar-refractivity contribution in [2.75, 3.05) is 11.9 Å². The monoisotopic (exact) mass is 213 g/mol. The van der Waals surface area contributed by atoms with Gasteiger partial charge in [0.2, 0.25) is 5.82 Å². The highest BCUT2D eigenvalue weighted by molar-refractivity contribution is 6.30. The third-order valence-corrected chi connectivity index (χ3v) is 1.65. The molecule has 1 rings (SSSR count). The van der Waals surface area contributed by atoms with E-state index in [1.807, 2.05) is 0 Å². The summed E-state index contributed by atoms with van der Waals surface area (Å²) in [5.41, 5.74) is -0.139. The van der Waals surface area contributed by atoms with Crippen LogP contribution in [0.1, 0.15) is 0 Å². The van der Waals surface area contributed by atoms with Gasteiger partial charge in [-0.15, -0.1) is 6.58 Å². The Balaban J connectivity index is 3.01. The Bertz CT molecular complexity index is 368. The molecule has 1 N–H and O–H groups in total. The van der Waals surface area contributed by atoms with Crippen molar-refractivity contribution in [2.45, 2.75) is 0 Å². The molecule has 0 unspecified atom stereocenters. The van der Waals surface area contributed by atoms with Crippen molar-refractivity contribution in [3.05, 3.63) is 40.1 Å². The number of pyridine rings is 1. The van der Waals surface area contributed by atoms with Crippen molar-refractivity contribution in [1.82, 2.24) is 4.98 Å². The average Bonchev–Trinajstić information content (AvgIpc) is 2.15. The summed E-state index contributed by atoms with van der Waals surface area (Å²) in [4.78, 5) is 13.8. The van der Waals surface area contributed by atoms with Crippen molar-refractivity contribution in [1.29, 1.82) is 0 Å². The number of hydrogen-bond acceptors (Lipinski definition) is 4. The molecule has 0 aromatic carbocycles. The molecule has 0 spiro atoms. The fraction of sp³-hybridized carbons (Fsp3) is 0.125. The fourth-order valence-electron chi connectivity index (χ4n) is 0.873. The van der Waals surface area contributed by atoms with Crippen LogP contribution in [-0.4, -0.2) is 16.5 Å². The zero-order valence-corrected chi connectivity index (χ0v) is 7.99. The lowest BCUT2D eigenvalue weighted by Gasteiger charge is -2.02. The second-order valence-electron chi connectivity index (χ2n) is 2.45. The first-order valence-electron chi connectivity index (χ1n) is 3.80. The highest BCUT2D eigenvalue weighted by Gasteiger charge is 2.14. The van der Waals surface area contributed by atoms with Crippen LogP contribution in [-0.2, 0) is 0 Å². The Morgan fingerprint density at radius 1 is 1.79 bits per heavy atom. The summed E-state index contributed by atoms with van der Waals surface area (Å²) in [5, 5.41) is 13.6. The summed E-state index contributed by atoms with van der Waals surface area (Å²) in [7, 11) is 0. The highest BCUT2D eigenvalue weighted by atomic mass is 35.5. The second kappa shape index (κ2) is 4.57. The molecule has 0 radical (unpaired) electrons. The topological polar surface area (TPSA) is 68.1 Å². The molecule has 0 saturated carbocycles. The van der Waals surface area contributed by atoms with Crippen LogP contribution in [0.4, 0.5) is 11.5 Å². The first-order valence-corrected chi connectivity index (χ1v) is 4.17. The summed E-state index contributed by atoms with van der Waals surface area (Å²) in [6, 6.07) is 1.25. The van der Waals surface area contributed by atoms with Gasteiger partial charge in [-0.1, -0.05) is 17.7 Å². The minimum absolute atomic E-state index is 0.139. The molecule has 1 aromatic heterocycles. The Hall–Kier alpha value is -1.62. The van der Waals surface area contributed by atoms with Crippen LogP contribution < -0.4 is 5.32 Å². The largest absolute Gasteiger partial charge is 0.361 e. The number of nitrogens with zero attached hydrogens (tertiary/aromatic N) is 2. The first-order chi connectivity index (χ1) is 6.65. The minimum atomic E-state index is -0.537. The predicted molar refractivity (Wildman–Crippen MR) is 54.6 cm³/mol. The summed E-state index contributed by atoms with van der Waals surface area (Å²) >= 11 is 5.58. The number of nitro groups is 1. The smallest absolute Gasteiger partial charge is 0.312 e. The van der Waals surface area contributed by atoms with E-state index in [4.69, 9.17) is 11.6 Å². The lowest BCUT2D eigenvalue weighted by Crippen LogP contribution is -2.03. The maximum atomic E-state index is 10.6. The lowest BCUT2D eigenvalue weighted by atomic mass is 10.4. The van der Waals surface area contributed by atoms with Crippen LogP contribution in [0.2, 0.25) is 5.02 Å². The number of rotatable bonds is 4. The van der Waals surface area contributed by atoms with Gasteiger partial charge in [-0.3, -0.25) is 10.1 Å². The molecule has 14 heavy (non-hydrogen) atoms. The molecule has 0 amide bonds. The molecule has 5 nitrogen and oxygen atoms in total. The third kappa shape index (κ3) is 2.43.